The van der Waals surface area contributed by atoms with Gasteiger partial charge in [0.15, 0.2) is 0 Å². The number of nitriles is 1. The maximum absolute atomic E-state index is 10.5. The van der Waals surface area contributed by atoms with Gasteiger partial charge >= 0.3 is 0 Å². The van der Waals surface area contributed by atoms with Crippen LogP contribution in [0.4, 0.5) is 0 Å². The van der Waals surface area contributed by atoms with Gasteiger partial charge in [0.2, 0.25) is 0 Å². The standard InChI is InChI=1S/C60H38N4/c61-38-40-21-26-55(63-56-27-22-45(41-13-5-1-6-14-41)34-51(56)52-35-46(23-28-57(52)63)42-15-7-2-8-16-42)50(33-40)49-31-32-62-39-60(49)64-58-29-24-47(43-17-9-3-10-18-43)36-53(58)54-37-48(25-30-59(54)64)44-19-11-4-12-20-44/h1-37,39H. The van der Waals surface area contributed by atoms with Crippen LogP contribution in [0.1, 0.15) is 5.56 Å². The molecule has 0 N–H and O–H groups in total. The molecule has 0 atom stereocenters. The number of hydrogen-bond donors (Lipinski definition) is 0. The molecule has 0 amide bonds. The first-order valence-electron chi connectivity index (χ1n) is 21.6. The summed E-state index contributed by atoms with van der Waals surface area (Å²) in [6.45, 7) is 0. The van der Waals surface area contributed by atoms with E-state index in [1.54, 1.807) is 0 Å². The normalized spacial score (nSPS) is 11.4. The van der Waals surface area contributed by atoms with E-state index >= 15 is 0 Å². The Morgan fingerprint density at radius 2 is 0.703 bits per heavy atom. The number of hydrogen-bond acceptors (Lipinski definition) is 2. The van der Waals surface area contributed by atoms with Crippen LogP contribution in [0.25, 0.3) is 111 Å². The van der Waals surface area contributed by atoms with Gasteiger partial charge in [-0.05, 0) is 117 Å². The van der Waals surface area contributed by atoms with Gasteiger partial charge in [-0.25, -0.2) is 0 Å². The summed E-state index contributed by atoms with van der Waals surface area (Å²) in [5.41, 5.74) is 18.0. The molecule has 3 aromatic heterocycles. The van der Waals surface area contributed by atoms with Crippen LogP contribution in [-0.2, 0) is 0 Å². The van der Waals surface area contributed by atoms with Crippen molar-refractivity contribution in [2.75, 3.05) is 0 Å². The number of nitrogens with zero attached hydrogens (tertiary/aromatic N) is 4. The summed E-state index contributed by atoms with van der Waals surface area (Å²) >= 11 is 0. The van der Waals surface area contributed by atoms with E-state index in [1.165, 1.54) is 22.3 Å². The smallest absolute Gasteiger partial charge is 0.0991 e. The molecule has 12 rings (SSSR count). The number of aromatic nitrogens is 3. The lowest BCUT2D eigenvalue weighted by Crippen LogP contribution is -2.02. The fourth-order valence-electron chi connectivity index (χ4n) is 9.61. The molecular weight excluding hydrogens is 777 g/mol. The van der Waals surface area contributed by atoms with Gasteiger partial charge in [-0.15, -0.1) is 0 Å². The third kappa shape index (κ3) is 6.18. The monoisotopic (exact) mass is 814 g/mol. The number of pyridine rings is 1. The Labute approximate surface area is 370 Å². The molecule has 0 bridgehead atoms. The van der Waals surface area contributed by atoms with Crippen molar-refractivity contribution in [1.82, 2.24) is 14.1 Å². The van der Waals surface area contributed by atoms with Crippen LogP contribution in [0.15, 0.2) is 231 Å². The van der Waals surface area contributed by atoms with Crippen molar-refractivity contribution < 1.29 is 0 Å². The van der Waals surface area contributed by atoms with E-state index in [0.717, 1.165) is 88.4 Å². The van der Waals surface area contributed by atoms with Gasteiger partial charge in [0.05, 0.1) is 51.3 Å². The van der Waals surface area contributed by atoms with E-state index in [9.17, 15) is 5.26 Å². The van der Waals surface area contributed by atoms with Gasteiger partial charge in [-0.2, -0.15) is 5.26 Å². The maximum atomic E-state index is 10.5. The second-order valence-corrected chi connectivity index (χ2v) is 16.3. The van der Waals surface area contributed by atoms with Gasteiger partial charge in [0, 0.05) is 38.9 Å². The summed E-state index contributed by atoms with van der Waals surface area (Å²) in [5, 5.41) is 15.1. The summed E-state index contributed by atoms with van der Waals surface area (Å²) in [6, 6.07) is 80.1. The Morgan fingerprint density at radius 3 is 1.08 bits per heavy atom. The van der Waals surface area contributed by atoms with Gasteiger partial charge in [-0.1, -0.05) is 146 Å². The predicted molar refractivity (Wildman–Crippen MR) is 265 cm³/mol. The Hall–Kier alpha value is -8.78. The molecule has 0 unspecified atom stereocenters. The summed E-state index contributed by atoms with van der Waals surface area (Å²) in [5.74, 6) is 0. The molecule has 3 heterocycles. The third-order valence-electron chi connectivity index (χ3n) is 12.7. The lowest BCUT2D eigenvalue weighted by atomic mass is 9.99. The quantitative estimate of drug-likeness (QED) is 0.161. The van der Waals surface area contributed by atoms with Gasteiger partial charge < -0.3 is 9.13 Å². The fourth-order valence-corrected chi connectivity index (χ4v) is 9.61. The van der Waals surface area contributed by atoms with Crippen molar-refractivity contribution in [2.24, 2.45) is 0 Å². The first kappa shape index (κ1) is 37.0. The van der Waals surface area contributed by atoms with Gasteiger partial charge in [-0.3, -0.25) is 4.98 Å². The highest BCUT2D eigenvalue weighted by atomic mass is 15.0. The van der Waals surface area contributed by atoms with Crippen LogP contribution >= 0.6 is 0 Å². The minimum Gasteiger partial charge on any atom is -0.309 e. The van der Waals surface area contributed by atoms with Crippen LogP contribution in [0.3, 0.4) is 0 Å². The Bertz CT molecular complexity index is 3570. The van der Waals surface area contributed by atoms with E-state index in [0.29, 0.717) is 5.56 Å². The lowest BCUT2D eigenvalue weighted by molar-refractivity contribution is 1.13. The van der Waals surface area contributed by atoms with Crippen molar-refractivity contribution >= 4 is 43.6 Å². The van der Waals surface area contributed by atoms with Crippen LogP contribution < -0.4 is 0 Å². The van der Waals surface area contributed by atoms with Crippen molar-refractivity contribution in [3.05, 3.63) is 236 Å². The molecule has 0 fully saturated rings. The summed E-state index contributed by atoms with van der Waals surface area (Å²) in [4.78, 5) is 4.79. The van der Waals surface area contributed by atoms with Crippen molar-refractivity contribution in [2.45, 2.75) is 0 Å². The van der Waals surface area contributed by atoms with Crippen molar-refractivity contribution in [1.29, 1.82) is 5.26 Å². The van der Waals surface area contributed by atoms with Crippen LogP contribution in [0.2, 0.25) is 0 Å². The minimum absolute atomic E-state index is 0.585. The average Bonchev–Trinajstić information content (AvgIpc) is 3.88. The predicted octanol–water partition coefficient (Wildman–Crippen LogP) is 15.5. The van der Waals surface area contributed by atoms with Crippen LogP contribution in [-0.4, -0.2) is 14.1 Å². The summed E-state index contributed by atoms with van der Waals surface area (Å²) in [7, 11) is 0. The molecule has 4 heteroatoms. The third-order valence-corrected chi connectivity index (χ3v) is 12.7. The molecule has 0 aliphatic rings. The molecule has 12 aromatic rings. The fraction of sp³-hybridized carbons (Fsp3) is 0. The van der Waals surface area contributed by atoms with E-state index < -0.39 is 0 Å². The highest BCUT2D eigenvalue weighted by molar-refractivity contribution is 6.14. The Kier molecular flexibility index (Phi) is 8.84. The maximum Gasteiger partial charge on any atom is 0.0991 e. The highest BCUT2D eigenvalue weighted by Gasteiger charge is 2.22. The molecule has 0 aliphatic carbocycles. The molecule has 0 radical (unpaired) electrons. The van der Waals surface area contributed by atoms with E-state index in [1.807, 2.05) is 24.5 Å². The number of fused-ring (bicyclic) bond motifs is 6. The molecule has 0 spiro atoms. The molecular formula is C60H38N4. The van der Waals surface area contributed by atoms with Gasteiger partial charge in [0.1, 0.15) is 0 Å². The SMILES string of the molecule is N#Cc1ccc(-n2c3ccc(-c4ccccc4)cc3c3cc(-c4ccccc4)ccc32)c(-c2ccncc2-n2c3ccc(-c4ccccc4)cc3c3cc(-c4ccccc4)ccc32)c1. The molecule has 9 aromatic carbocycles. The molecule has 0 saturated carbocycles. The van der Waals surface area contributed by atoms with Gasteiger partial charge in [0.25, 0.3) is 0 Å². The number of benzene rings is 9. The molecule has 0 saturated heterocycles. The van der Waals surface area contributed by atoms with Crippen LogP contribution in [0, 0.1) is 11.3 Å². The zero-order valence-electron chi connectivity index (χ0n) is 34.7. The van der Waals surface area contributed by atoms with Crippen LogP contribution in [0.5, 0.6) is 0 Å². The molecule has 64 heavy (non-hydrogen) atoms. The van der Waals surface area contributed by atoms with Crippen molar-refractivity contribution in [3.8, 4) is 73.1 Å². The Balaban J connectivity index is 1.12. The second-order valence-electron chi connectivity index (χ2n) is 16.3. The summed E-state index contributed by atoms with van der Waals surface area (Å²) < 4.78 is 4.72. The largest absolute Gasteiger partial charge is 0.309 e. The second kappa shape index (κ2) is 15.3. The lowest BCUT2D eigenvalue weighted by Gasteiger charge is -2.18. The first-order chi connectivity index (χ1) is 31.7. The average molecular weight is 815 g/mol. The first-order valence-corrected chi connectivity index (χ1v) is 21.6. The van der Waals surface area contributed by atoms with E-state index in [-0.39, 0.29) is 0 Å². The van der Waals surface area contributed by atoms with Crippen molar-refractivity contribution in [3.63, 3.8) is 0 Å². The van der Waals surface area contributed by atoms with E-state index in [4.69, 9.17) is 4.98 Å². The topological polar surface area (TPSA) is 46.5 Å². The molecule has 4 nitrogen and oxygen atoms in total. The highest BCUT2D eigenvalue weighted by Crippen LogP contribution is 2.43. The Morgan fingerprint density at radius 1 is 0.328 bits per heavy atom. The zero-order valence-corrected chi connectivity index (χ0v) is 34.7. The van der Waals surface area contributed by atoms with E-state index in [2.05, 4.69) is 221 Å². The zero-order chi connectivity index (χ0) is 42.6. The summed E-state index contributed by atoms with van der Waals surface area (Å²) in [6.07, 6.45) is 3.83. The molecule has 298 valence electrons. The minimum atomic E-state index is 0.585. The number of rotatable bonds is 7. The molecule has 0 aliphatic heterocycles.